The molecule has 0 atom stereocenters. The average Bonchev–Trinajstić information content (AvgIpc) is 2.82. The van der Waals surface area contributed by atoms with Gasteiger partial charge in [0.1, 0.15) is 5.52 Å². The normalized spacial score (nSPS) is 11.2. The number of hydrogen-bond acceptors (Lipinski definition) is 4. The molecule has 6 heteroatoms. The highest BCUT2D eigenvalue weighted by atomic mass is 32.1. The summed E-state index contributed by atoms with van der Waals surface area (Å²) >= 11 is 1.34. The van der Waals surface area contributed by atoms with Crippen LogP contribution in [0.15, 0.2) is 18.2 Å². The standard InChI is InChI=1S/C11H9FN4S/c1-5-9(17-11(13)14-5)10-15-7-4-2-3-6(12)8(7)16-10/h2-4H,1H3,(H2,13,14)(H,15,16). The van der Waals surface area contributed by atoms with Crippen molar-refractivity contribution in [1.82, 2.24) is 15.0 Å². The number of imidazole rings is 1. The van der Waals surface area contributed by atoms with Gasteiger partial charge in [-0.15, -0.1) is 0 Å². The van der Waals surface area contributed by atoms with Crippen LogP contribution in [0.1, 0.15) is 5.69 Å². The highest BCUT2D eigenvalue weighted by Crippen LogP contribution is 2.30. The minimum Gasteiger partial charge on any atom is -0.375 e. The fourth-order valence-corrected chi connectivity index (χ4v) is 2.52. The van der Waals surface area contributed by atoms with Gasteiger partial charge < -0.3 is 10.7 Å². The van der Waals surface area contributed by atoms with Crippen LogP contribution in [0.25, 0.3) is 21.7 Å². The Morgan fingerprint density at radius 1 is 1.35 bits per heavy atom. The lowest BCUT2D eigenvalue weighted by atomic mass is 10.3. The Bertz CT molecular complexity index is 701. The van der Waals surface area contributed by atoms with Gasteiger partial charge in [0.25, 0.3) is 0 Å². The Labute approximate surface area is 100 Å². The first-order chi connectivity index (χ1) is 8.15. The quantitative estimate of drug-likeness (QED) is 0.695. The van der Waals surface area contributed by atoms with Gasteiger partial charge in [0.15, 0.2) is 16.8 Å². The van der Waals surface area contributed by atoms with Crippen LogP contribution in [0.3, 0.4) is 0 Å². The SMILES string of the molecule is Cc1nc(N)sc1-c1nc2c(F)cccc2[nH]1. The molecule has 0 fully saturated rings. The molecule has 3 aromatic rings. The zero-order chi connectivity index (χ0) is 12.0. The maximum atomic E-state index is 13.5. The summed E-state index contributed by atoms with van der Waals surface area (Å²) in [5, 5.41) is 0.485. The number of anilines is 1. The van der Waals surface area contributed by atoms with Crippen molar-refractivity contribution in [1.29, 1.82) is 0 Å². The van der Waals surface area contributed by atoms with Crippen molar-refractivity contribution in [2.45, 2.75) is 6.92 Å². The van der Waals surface area contributed by atoms with Crippen LogP contribution in [0.5, 0.6) is 0 Å². The van der Waals surface area contributed by atoms with Crippen LogP contribution >= 0.6 is 11.3 Å². The summed E-state index contributed by atoms with van der Waals surface area (Å²) in [4.78, 5) is 12.3. The lowest BCUT2D eigenvalue weighted by molar-refractivity contribution is 0.637. The second-order valence-electron chi connectivity index (χ2n) is 3.69. The van der Waals surface area contributed by atoms with E-state index in [2.05, 4.69) is 15.0 Å². The molecule has 0 unspecified atom stereocenters. The number of H-pyrrole nitrogens is 1. The zero-order valence-corrected chi connectivity index (χ0v) is 9.81. The number of halogens is 1. The molecule has 4 nitrogen and oxygen atoms in total. The molecule has 1 aromatic carbocycles. The third kappa shape index (κ3) is 1.57. The number of aromatic amines is 1. The number of thiazole rings is 1. The van der Waals surface area contributed by atoms with Crippen molar-refractivity contribution in [2.75, 3.05) is 5.73 Å². The zero-order valence-electron chi connectivity index (χ0n) is 8.99. The molecule has 2 heterocycles. The third-order valence-electron chi connectivity index (χ3n) is 2.49. The molecule has 0 bridgehead atoms. The molecule has 0 aliphatic rings. The van der Waals surface area contributed by atoms with Crippen LogP contribution in [-0.2, 0) is 0 Å². The lowest BCUT2D eigenvalue weighted by Crippen LogP contribution is -1.81. The van der Waals surface area contributed by atoms with Crippen LogP contribution in [0.2, 0.25) is 0 Å². The summed E-state index contributed by atoms with van der Waals surface area (Å²) in [5.74, 6) is 0.275. The van der Waals surface area contributed by atoms with Crippen molar-refractivity contribution >= 4 is 27.5 Å². The molecule has 3 rings (SSSR count). The maximum Gasteiger partial charge on any atom is 0.180 e. The molecule has 0 saturated carbocycles. The van der Waals surface area contributed by atoms with E-state index in [9.17, 15) is 4.39 Å². The first kappa shape index (κ1) is 10.2. The second kappa shape index (κ2) is 3.53. The van der Waals surface area contributed by atoms with Gasteiger partial charge in [-0.05, 0) is 19.1 Å². The fourth-order valence-electron chi connectivity index (χ4n) is 1.74. The Kier molecular flexibility index (Phi) is 2.12. The summed E-state index contributed by atoms with van der Waals surface area (Å²) in [7, 11) is 0. The maximum absolute atomic E-state index is 13.5. The number of nitrogens with zero attached hydrogens (tertiary/aromatic N) is 2. The van der Waals surface area contributed by atoms with Crippen molar-refractivity contribution in [3.8, 4) is 10.7 Å². The second-order valence-corrected chi connectivity index (χ2v) is 4.72. The topological polar surface area (TPSA) is 67.6 Å². The number of rotatable bonds is 1. The summed E-state index contributed by atoms with van der Waals surface area (Å²) in [6.07, 6.45) is 0. The molecule has 3 N–H and O–H groups in total. The van der Waals surface area contributed by atoms with E-state index in [4.69, 9.17) is 5.73 Å². The highest BCUT2D eigenvalue weighted by Gasteiger charge is 2.13. The summed E-state index contributed by atoms with van der Waals surface area (Å²) in [6.45, 7) is 1.85. The van der Waals surface area contributed by atoms with E-state index in [0.29, 0.717) is 22.0 Å². The average molecular weight is 248 g/mol. The third-order valence-corrected chi connectivity index (χ3v) is 3.48. The summed E-state index contributed by atoms with van der Waals surface area (Å²) < 4.78 is 13.5. The van der Waals surface area contributed by atoms with Crippen LogP contribution in [0.4, 0.5) is 9.52 Å². The Hall–Kier alpha value is -1.95. The van der Waals surface area contributed by atoms with Crippen LogP contribution in [0, 0.1) is 12.7 Å². The van der Waals surface area contributed by atoms with Gasteiger partial charge in [-0.2, -0.15) is 0 Å². The lowest BCUT2D eigenvalue weighted by Gasteiger charge is -1.89. The Balaban J connectivity index is 2.25. The van der Waals surface area contributed by atoms with Crippen LogP contribution in [-0.4, -0.2) is 15.0 Å². The van der Waals surface area contributed by atoms with Crippen molar-refractivity contribution in [2.24, 2.45) is 0 Å². The fraction of sp³-hybridized carbons (Fsp3) is 0.0909. The van der Waals surface area contributed by atoms with E-state index >= 15 is 0 Å². The predicted octanol–water partition coefficient (Wildman–Crippen LogP) is 2.72. The van der Waals surface area contributed by atoms with Crippen molar-refractivity contribution in [3.63, 3.8) is 0 Å². The molecule has 0 saturated heterocycles. The Morgan fingerprint density at radius 3 is 2.82 bits per heavy atom. The summed E-state index contributed by atoms with van der Waals surface area (Å²) in [6, 6.07) is 4.82. The number of para-hydroxylation sites is 1. The van der Waals surface area contributed by atoms with E-state index in [1.165, 1.54) is 17.4 Å². The molecule has 0 amide bonds. The monoisotopic (exact) mass is 248 g/mol. The summed E-state index contributed by atoms with van der Waals surface area (Å²) in [5.41, 5.74) is 7.44. The van der Waals surface area contributed by atoms with Crippen molar-refractivity contribution in [3.05, 3.63) is 29.7 Å². The number of nitrogen functional groups attached to an aromatic ring is 1. The molecule has 0 aliphatic carbocycles. The van der Waals surface area contributed by atoms with E-state index in [1.54, 1.807) is 12.1 Å². The molecular formula is C11H9FN4S. The van der Waals surface area contributed by atoms with E-state index < -0.39 is 0 Å². The number of hydrogen-bond donors (Lipinski definition) is 2. The molecule has 0 spiro atoms. The highest BCUT2D eigenvalue weighted by molar-refractivity contribution is 7.18. The molecule has 0 radical (unpaired) electrons. The first-order valence-electron chi connectivity index (χ1n) is 5.02. The number of aromatic nitrogens is 3. The van der Waals surface area contributed by atoms with Crippen LogP contribution < -0.4 is 5.73 Å². The van der Waals surface area contributed by atoms with Gasteiger partial charge in [0.2, 0.25) is 0 Å². The molecule has 86 valence electrons. The Morgan fingerprint density at radius 2 is 2.18 bits per heavy atom. The first-order valence-corrected chi connectivity index (χ1v) is 5.84. The molecular weight excluding hydrogens is 239 g/mol. The number of benzene rings is 1. The van der Waals surface area contributed by atoms with Gasteiger partial charge in [-0.1, -0.05) is 17.4 Å². The minimum absolute atomic E-state index is 0.333. The van der Waals surface area contributed by atoms with Gasteiger partial charge >= 0.3 is 0 Å². The predicted molar refractivity (Wildman–Crippen MR) is 66.3 cm³/mol. The number of aryl methyl sites for hydroxylation is 1. The van der Waals surface area contributed by atoms with E-state index in [-0.39, 0.29) is 5.82 Å². The smallest absolute Gasteiger partial charge is 0.180 e. The number of fused-ring (bicyclic) bond motifs is 1. The van der Waals surface area contributed by atoms with Crippen molar-refractivity contribution < 1.29 is 4.39 Å². The van der Waals surface area contributed by atoms with Gasteiger partial charge in [0.05, 0.1) is 16.1 Å². The molecule has 17 heavy (non-hydrogen) atoms. The van der Waals surface area contributed by atoms with Gasteiger partial charge in [0, 0.05) is 0 Å². The largest absolute Gasteiger partial charge is 0.375 e. The number of nitrogens with one attached hydrogen (secondary N) is 1. The van der Waals surface area contributed by atoms with Gasteiger partial charge in [-0.25, -0.2) is 14.4 Å². The van der Waals surface area contributed by atoms with Gasteiger partial charge in [-0.3, -0.25) is 0 Å². The molecule has 0 aliphatic heterocycles. The van der Waals surface area contributed by atoms with E-state index in [0.717, 1.165) is 10.6 Å². The van der Waals surface area contributed by atoms with E-state index in [1.807, 2.05) is 6.92 Å². The minimum atomic E-state index is -0.333. The number of nitrogens with two attached hydrogens (primary N) is 1. The molecule has 2 aromatic heterocycles.